The normalized spacial score (nSPS) is 10.6. The van der Waals surface area contributed by atoms with Gasteiger partial charge >= 0.3 is 12.0 Å². The molecule has 2 amide bonds. The van der Waals surface area contributed by atoms with Gasteiger partial charge in [0.15, 0.2) is 0 Å². The molecule has 0 aliphatic heterocycles. The molecule has 1 aromatic heterocycles. The van der Waals surface area contributed by atoms with Gasteiger partial charge in [0.1, 0.15) is 5.75 Å². The van der Waals surface area contributed by atoms with Crippen LogP contribution in [0.4, 0.5) is 10.5 Å². The second-order valence-corrected chi connectivity index (χ2v) is 8.06. The summed E-state index contributed by atoms with van der Waals surface area (Å²) in [5.74, 6) is -0.126. The zero-order valence-corrected chi connectivity index (χ0v) is 19.5. The molecule has 4 aromatic rings. The van der Waals surface area contributed by atoms with E-state index >= 15 is 0 Å². The quantitative estimate of drug-likeness (QED) is 0.346. The molecule has 0 aliphatic rings. The molecule has 0 saturated carbocycles. The number of nitrogens with one attached hydrogen (secondary N) is 2. The summed E-state index contributed by atoms with van der Waals surface area (Å²) in [6.07, 6.45) is 3.75. The topological polar surface area (TPSA) is 105 Å². The predicted octanol–water partition coefficient (Wildman–Crippen LogP) is 4.71. The van der Waals surface area contributed by atoms with Gasteiger partial charge in [-0.05, 0) is 40.5 Å². The van der Waals surface area contributed by atoms with Crippen molar-refractivity contribution in [1.82, 2.24) is 15.1 Å². The number of carboxylic acids is 1. The summed E-state index contributed by atoms with van der Waals surface area (Å²) in [6.45, 7) is 0.326. The van der Waals surface area contributed by atoms with Gasteiger partial charge in [0.25, 0.3) is 0 Å². The van der Waals surface area contributed by atoms with E-state index in [1.807, 2.05) is 61.9 Å². The van der Waals surface area contributed by atoms with Crippen LogP contribution < -0.4 is 15.4 Å². The standard InChI is InChI=1S/C27H26N4O4/c1-31-17-21(16-29-31)23-4-3-5-24(35-2)26(23)20-10-12-22(13-11-20)30-27(34)28-15-19-8-6-18(7-9-19)14-25(32)33/h3-13,16-17H,14-15H2,1-2H3,(H,32,33)(H2,28,30,34). The molecule has 35 heavy (non-hydrogen) atoms. The average Bonchev–Trinajstić information content (AvgIpc) is 3.29. The molecule has 0 saturated heterocycles. The fourth-order valence-corrected chi connectivity index (χ4v) is 3.83. The molecule has 0 bridgehead atoms. The average molecular weight is 471 g/mol. The molecule has 0 fully saturated rings. The van der Waals surface area contributed by atoms with Gasteiger partial charge in [-0.25, -0.2) is 4.79 Å². The summed E-state index contributed by atoms with van der Waals surface area (Å²) in [6, 6.07) is 20.2. The highest BCUT2D eigenvalue weighted by molar-refractivity contribution is 5.91. The van der Waals surface area contributed by atoms with E-state index in [1.165, 1.54) is 0 Å². The number of methoxy groups -OCH3 is 1. The highest BCUT2D eigenvalue weighted by atomic mass is 16.5. The van der Waals surface area contributed by atoms with Crippen LogP contribution in [-0.4, -0.2) is 34.0 Å². The van der Waals surface area contributed by atoms with E-state index < -0.39 is 5.97 Å². The molecule has 0 radical (unpaired) electrons. The number of aromatic nitrogens is 2. The van der Waals surface area contributed by atoms with Crippen LogP contribution in [-0.2, 0) is 24.8 Å². The second kappa shape index (κ2) is 10.6. The zero-order chi connectivity index (χ0) is 24.8. The number of urea groups is 1. The van der Waals surface area contributed by atoms with Crippen molar-refractivity contribution in [3.05, 3.63) is 90.3 Å². The Balaban J connectivity index is 1.43. The van der Waals surface area contributed by atoms with Gasteiger partial charge in [0.2, 0.25) is 0 Å². The number of amides is 2. The van der Waals surface area contributed by atoms with Crippen molar-refractivity contribution in [2.45, 2.75) is 13.0 Å². The lowest BCUT2D eigenvalue weighted by Crippen LogP contribution is -2.28. The number of carboxylic acid groups (broad SMARTS) is 1. The largest absolute Gasteiger partial charge is 0.496 e. The SMILES string of the molecule is COc1cccc(-c2cnn(C)c2)c1-c1ccc(NC(=O)NCc2ccc(CC(=O)O)cc2)cc1. The number of nitrogens with zero attached hydrogens (tertiary/aromatic N) is 2. The number of benzene rings is 3. The number of ether oxygens (including phenoxy) is 1. The summed E-state index contributed by atoms with van der Waals surface area (Å²) in [5, 5.41) is 18.8. The van der Waals surface area contributed by atoms with E-state index in [4.69, 9.17) is 9.84 Å². The number of aryl methyl sites for hydroxylation is 1. The van der Waals surface area contributed by atoms with Crippen molar-refractivity contribution in [3.63, 3.8) is 0 Å². The lowest BCUT2D eigenvalue weighted by molar-refractivity contribution is -0.136. The van der Waals surface area contributed by atoms with Crippen molar-refractivity contribution >= 4 is 17.7 Å². The molecule has 0 atom stereocenters. The minimum absolute atomic E-state index is 0.0250. The number of carbonyl (C=O) groups excluding carboxylic acids is 1. The first kappa shape index (κ1) is 23.6. The van der Waals surface area contributed by atoms with Crippen molar-refractivity contribution < 1.29 is 19.4 Å². The molecule has 4 rings (SSSR count). The summed E-state index contributed by atoms with van der Waals surface area (Å²) in [7, 11) is 3.52. The molecule has 3 N–H and O–H groups in total. The van der Waals surface area contributed by atoms with Gasteiger partial charge in [-0.15, -0.1) is 0 Å². The predicted molar refractivity (Wildman–Crippen MR) is 134 cm³/mol. The van der Waals surface area contributed by atoms with Crippen LogP contribution in [0, 0.1) is 0 Å². The van der Waals surface area contributed by atoms with E-state index in [-0.39, 0.29) is 12.5 Å². The number of hydrogen-bond acceptors (Lipinski definition) is 4. The van der Waals surface area contributed by atoms with Crippen LogP contribution in [0.25, 0.3) is 22.3 Å². The molecule has 0 spiro atoms. The number of rotatable bonds is 8. The molecule has 3 aromatic carbocycles. The molecule has 0 unspecified atom stereocenters. The minimum Gasteiger partial charge on any atom is -0.496 e. The van der Waals surface area contributed by atoms with Gasteiger partial charge in [-0.2, -0.15) is 5.10 Å². The van der Waals surface area contributed by atoms with E-state index in [1.54, 1.807) is 36.1 Å². The van der Waals surface area contributed by atoms with E-state index in [2.05, 4.69) is 15.7 Å². The van der Waals surface area contributed by atoms with E-state index in [9.17, 15) is 9.59 Å². The molecular formula is C27H26N4O4. The van der Waals surface area contributed by atoms with Crippen molar-refractivity contribution in [1.29, 1.82) is 0 Å². The molecule has 8 nitrogen and oxygen atoms in total. The summed E-state index contributed by atoms with van der Waals surface area (Å²) >= 11 is 0. The zero-order valence-electron chi connectivity index (χ0n) is 19.5. The Hall–Kier alpha value is -4.59. The van der Waals surface area contributed by atoms with Crippen LogP contribution in [0.3, 0.4) is 0 Å². The first-order chi connectivity index (χ1) is 16.9. The Morgan fingerprint density at radius 3 is 2.31 bits per heavy atom. The molecule has 1 heterocycles. The van der Waals surface area contributed by atoms with E-state index in [0.717, 1.165) is 33.6 Å². The highest BCUT2D eigenvalue weighted by Crippen LogP contribution is 2.39. The fourth-order valence-electron chi connectivity index (χ4n) is 3.83. The van der Waals surface area contributed by atoms with Crippen LogP contribution in [0.15, 0.2) is 79.1 Å². The Morgan fingerprint density at radius 2 is 1.69 bits per heavy atom. The monoisotopic (exact) mass is 470 g/mol. The first-order valence-corrected chi connectivity index (χ1v) is 11.0. The lowest BCUT2D eigenvalue weighted by atomic mass is 9.95. The Morgan fingerprint density at radius 1 is 0.971 bits per heavy atom. The molecule has 0 aliphatic carbocycles. The van der Waals surface area contributed by atoms with Crippen molar-refractivity contribution in [2.75, 3.05) is 12.4 Å². The Bertz CT molecular complexity index is 1330. The fraction of sp³-hybridized carbons (Fsp3) is 0.148. The summed E-state index contributed by atoms with van der Waals surface area (Å²) in [5.41, 5.74) is 6.14. The van der Waals surface area contributed by atoms with Crippen LogP contribution in [0.1, 0.15) is 11.1 Å². The smallest absolute Gasteiger partial charge is 0.319 e. The van der Waals surface area contributed by atoms with Crippen LogP contribution in [0.5, 0.6) is 5.75 Å². The Labute approximate surface area is 203 Å². The Kier molecular flexibility index (Phi) is 7.11. The molecule has 8 heteroatoms. The van der Waals surface area contributed by atoms with Gasteiger partial charge in [-0.1, -0.05) is 48.5 Å². The minimum atomic E-state index is -0.875. The summed E-state index contributed by atoms with van der Waals surface area (Å²) in [4.78, 5) is 23.1. The van der Waals surface area contributed by atoms with Gasteiger partial charge in [0.05, 0.1) is 19.7 Å². The van der Waals surface area contributed by atoms with Gasteiger partial charge < -0.3 is 20.5 Å². The van der Waals surface area contributed by atoms with Crippen molar-refractivity contribution in [2.24, 2.45) is 7.05 Å². The van der Waals surface area contributed by atoms with Gasteiger partial charge in [-0.3, -0.25) is 9.48 Å². The lowest BCUT2D eigenvalue weighted by Gasteiger charge is -2.14. The maximum Gasteiger partial charge on any atom is 0.319 e. The third kappa shape index (κ3) is 5.86. The maximum absolute atomic E-state index is 12.4. The number of hydrogen-bond donors (Lipinski definition) is 3. The first-order valence-electron chi connectivity index (χ1n) is 11.0. The summed E-state index contributed by atoms with van der Waals surface area (Å²) < 4.78 is 7.39. The third-order valence-electron chi connectivity index (χ3n) is 5.52. The third-order valence-corrected chi connectivity index (χ3v) is 5.52. The number of aliphatic carboxylic acids is 1. The number of carbonyl (C=O) groups is 2. The van der Waals surface area contributed by atoms with Gasteiger partial charge in [0, 0.05) is 36.6 Å². The van der Waals surface area contributed by atoms with Crippen LogP contribution in [0.2, 0.25) is 0 Å². The van der Waals surface area contributed by atoms with Crippen LogP contribution >= 0.6 is 0 Å². The number of anilines is 1. The highest BCUT2D eigenvalue weighted by Gasteiger charge is 2.14. The molecule has 178 valence electrons. The van der Waals surface area contributed by atoms with Crippen molar-refractivity contribution in [3.8, 4) is 28.0 Å². The maximum atomic E-state index is 12.4. The molecular weight excluding hydrogens is 444 g/mol. The second-order valence-electron chi connectivity index (χ2n) is 8.06. The van der Waals surface area contributed by atoms with E-state index in [0.29, 0.717) is 17.8 Å².